The average molecular weight is 379 g/mol. The number of hydrogen-bond acceptors (Lipinski definition) is 3. The van der Waals surface area contributed by atoms with E-state index in [1.807, 2.05) is 13.8 Å². The monoisotopic (exact) mass is 378 g/mol. The highest BCUT2D eigenvalue weighted by Crippen LogP contribution is 2.26. The van der Waals surface area contributed by atoms with Crippen molar-refractivity contribution in [1.82, 2.24) is 9.62 Å². The minimum Gasteiger partial charge on any atom is -0.310 e. The van der Waals surface area contributed by atoms with E-state index in [4.69, 9.17) is 0 Å². The van der Waals surface area contributed by atoms with Crippen LogP contribution in [0.5, 0.6) is 0 Å². The van der Waals surface area contributed by atoms with Crippen molar-refractivity contribution in [3.63, 3.8) is 0 Å². The summed E-state index contributed by atoms with van der Waals surface area (Å²) in [6.07, 6.45) is 1.45. The van der Waals surface area contributed by atoms with E-state index in [0.29, 0.717) is 10.0 Å². The van der Waals surface area contributed by atoms with Crippen LogP contribution in [0.4, 0.5) is 4.39 Å². The van der Waals surface area contributed by atoms with Crippen LogP contribution in [0.1, 0.15) is 19.4 Å². The van der Waals surface area contributed by atoms with Gasteiger partial charge in [0.25, 0.3) is 0 Å². The summed E-state index contributed by atoms with van der Waals surface area (Å²) in [5, 5.41) is 3.08. The standard InChI is InChI=1S/C14H20BrFN2O2S/c1-5-6-18(4)21(19,20)13-8-12(15)7-11(14(13)16)9-17-10(2)3/h5,7-8,10,17H,1,6,9H2,2-4H3. The maximum atomic E-state index is 14.5. The molecule has 0 amide bonds. The van der Waals surface area contributed by atoms with Gasteiger partial charge in [0.1, 0.15) is 10.7 Å². The van der Waals surface area contributed by atoms with Gasteiger partial charge in [-0.25, -0.2) is 12.8 Å². The largest absolute Gasteiger partial charge is 0.310 e. The molecule has 118 valence electrons. The molecule has 0 bridgehead atoms. The van der Waals surface area contributed by atoms with Crippen LogP contribution in [0.2, 0.25) is 0 Å². The summed E-state index contributed by atoms with van der Waals surface area (Å²) >= 11 is 3.24. The first-order valence-electron chi connectivity index (χ1n) is 6.48. The van der Waals surface area contributed by atoms with Crippen LogP contribution in [0.15, 0.2) is 34.2 Å². The van der Waals surface area contributed by atoms with Gasteiger partial charge in [-0.1, -0.05) is 35.9 Å². The van der Waals surface area contributed by atoms with Crippen LogP contribution in [0.3, 0.4) is 0 Å². The number of nitrogens with one attached hydrogen (secondary N) is 1. The van der Waals surface area contributed by atoms with E-state index in [0.717, 1.165) is 4.31 Å². The number of halogens is 2. The molecule has 1 aromatic carbocycles. The van der Waals surface area contributed by atoms with Crippen LogP contribution in [0, 0.1) is 5.82 Å². The quantitative estimate of drug-likeness (QED) is 0.742. The number of hydrogen-bond donors (Lipinski definition) is 1. The number of benzene rings is 1. The summed E-state index contributed by atoms with van der Waals surface area (Å²) < 4.78 is 40.9. The zero-order valence-electron chi connectivity index (χ0n) is 12.4. The molecule has 0 aliphatic rings. The Labute approximate surface area is 134 Å². The molecule has 1 aromatic rings. The summed E-state index contributed by atoms with van der Waals surface area (Å²) in [5.74, 6) is -0.720. The predicted octanol–water partition coefficient (Wildman–Crippen LogP) is 2.89. The minimum absolute atomic E-state index is 0.119. The van der Waals surface area contributed by atoms with E-state index in [2.05, 4.69) is 27.8 Å². The summed E-state index contributed by atoms with van der Waals surface area (Å²) in [6, 6.07) is 3.03. The minimum atomic E-state index is -3.89. The second kappa shape index (κ2) is 7.49. The molecule has 0 unspecified atom stereocenters. The zero-order chi connectivity index (χ0) is 16.2. The van der Waals surface area contributed by atoms with Gasteiger partial charge >= 0.3 is 0 Å². The summed E-state index contributed by atoms with van der Waals surface area (Å²) in [5.41, 5.74) is 0.309. The Kier molecular flexibility index (Phi) is 6.52. The first-order chi connectivity index (χ1) is 9.70. The van der Waals surface area contributed by atoms with Crippen molar-refractivity contribution in [3.8, 4) is 0 Å². The van der Waals surface area contributed by atoms with Gasteiger partial charge in [-0.2, -0.15) is 4.31 Å². The summed E-state index contributed by atoms with van der Waals surface area (Å²) in [4.78, 5) is -0.332. The highest BCUT2D eigenvalue weighted by atomic mass is 79.9. The Morgan fingerprint density at radius 2 is 2.10 bits per heavy atom. The van der Waals surface area contributed by atoms with E-state index >= 15 is 0 Å². The molecule has 0 fully saturated rings. The van der Waals surface area contributed by atoms with Crippen molar-refractivity contribution >= 4 is 26.0 Å². The predicted molar refractivity (Wildman–Crippen MR) is 86.1 cm³/mol. The maximum absolute atomic E-state index is 14.5. The van der Waals surface area contributed by atoms with Crippen molar-refractivity contribution in [2.45, 2.75) is 31.3 Å². The van der Waals surface area contributed by atoms with Crippen molar-refractivity contribution in [2.75, 3.05) is 13.6 Å². The third kappa shape index (κ3) is 4.60. The molecular weight excluding hydrogens is 359 g/mol. The molecule has 0 aromatic heterocycles. The third-order valence-electron chi connectivity index (χ3n) is 2.85. The topological polar surface area (TPSA) is 49.4 Å². The van der Waals surface area contributed by atoms with Crippen molar-refractivity contribution < 1.29 is 12.8 Å². The van der Waals surface area contributed by atoms with Gasteiger partial charge in [0, 0.05) is 36.2 Å². The van der Waals surface area contributed by atoms with Crippen molar-refractivity contribution in [3.05, 3.63) is 40.6 Å². The van der Waals surface area contributed by atoms with Gasteiger partial charge in [0.2, 0.25) is 10.0 Å². The Balaban J connectivity index is 3.27. The van der Waals surface area contributed by atoms with Gasteiger partial charge in [-0.3, -0.25) is 0 Å². The van der Waals surface area contributed by atoms with Gasteiger partial charge < -0.3 is 5.32 Å². The fourth-order valence-corrected chi connectivity index (χ4v) is 3.62. The molecule has 0 radical (unpaired) electrons. The highest BCUT2D eigenvalue weighted by molar-refractivity contribution is 9.10. The Hall–Kier alpha value is -0.760. The first-order valence-corrected chi connectivity index (χ1v) is 8.72. The molecule has 0 heterocycles. The summed E-state index contributed by atoms with van der Waals surface area (Å²) in [6.45, 7) is 7.75. The molecule has 21 heavy (non-hydrogen) atoms. The lowest BCUT2D eigenvalue weighted by atomic mass is 10.2. The number of nitrogens with zero attached hydrogens (tertiary/aromatic N) is 1. The number of rotatable bonds is 7. The Bertz CT molecular complexity index is 618. The van der Waals surface area contributed by atoms with Gasteiger partial charge in [0.05, 0.1) is 0 Å². The molecule has 0 atom stereocenters. The normalized spacial score (nSPS) is 12.1. The zero-order valence-corrected chi connectivity index (χ0v) is 14.8. The average Bonchev–Trinajstić information content (AvgIpc) is 2.39. The van der Waals surface area contributed by atoms with E-state index in [9.17, 15) is 12.8 Å². The van der Waals surface area contributed by atoms with Gasteiger partial charge in [-0.15, -0.1) is 6.58 Å². The van der Waals surface area contributed by atoms with E-state index in [1.54, 1.807) is 6.07 Å². The lowest BCUT2D eigenvalue weighted by Crippen LogP contribution is -2.28. The fraction of sp³-hybridized carbons (Fsp3) is 0.429. The third-order valence-corrected chi connectivity index (χ3v) is 5.13. The fourth-order valence-electron chi connectivity index (χ4n) is 1.70. The molecule has 0 spiro atoms. The molecule has 4 nitrogen and oxygen atoms in total. The molecule has 0 saturated heterocycles. The van der Waals surface area contributed by atoms with Crippen molar-refractivity contribution in [2.24, 2.45) is 0 Å². The van der Waals surface area contributed by atoms with E-state index in [1.165, 1.54) is 19.2 Å². The van der Waals surface area contributed by atoms with Crippen LogP contribution >= 0.6 is 15.9 Å². The molecule has 7 heteroatoms. The molecule has 1 N–H and O–H groups in total. The molecule has 0 aliphatic heterocycles. The van der Waals surface area contributed by atoms with Gasteiger partial charge in [-0.05, 0) is 12.1 Å². The molecule has 0 saturated carbocycles. The molecular formula is C14H20BrFN2O2S. The maximum Gasteiger partial charge on any atom is 0.246 e. The number of likely N-dealkylation sites (N-methyl/N-ethyl adjacent to an activating group) is 1. The SMILES string of the molecule is C=CCN(C)S(=O)(=O)c1cc(Br)cc(CNC(C)C)c1F. The molecule has 0 aliphatic carbocycles. The van der Waals surface area contributed by atoms with Crippen LogP contribution in [-0.2, 0) is 16.6 Å². The van der Waals surface area contributed by atoms with E-state index < -0.39 is 15.8 Å². The second-order valence-electron chi connectivity index (χ2n) is 4.99. The van der Waals surface area contributed by atoms with Crippen LogP contribution in [-0.4, -0.2) is 32.4 Å². The van der Waals surface area contributed by atoms with Crippen LogP contribution < -0.4 is 5.32 Å². The van der Waals surface area contributed by atoms with Crippen molar-refractivity contribution in [1.29, 1.82) is 0 Å². The Morgan fingerprint density at radius 3 is 2.62 bits per heavy atom. The highest BCUT2D eigenvalue weighted by Gasteiger charge is 2.26. The molecule has 1 rings (SSSR count). The smallest absolute Gasteiger partial charge is 0.246 e. The lowest BCUT2D eigenvalue weighted by molar-refractivity contribution is 0.484. The van der Waals surface area contributed by atoms with E-state index in [-0.39, 0.29) is 24.0 Å². The van der Waals surface area contributed by atoms with Gasteiger partial charge in [0.15, 0.2) is 0 Å². The first kappa shape index (κ1) is 18.3. The Morgan fingerprint density at radius 1 is 1.48 bits per heavy atom. The second-order valence-corrected chi connectivity index (χ2v) is 7.92. The lowest BCUT2D eigenvalue weighted by Gasteiger charge is -2.18. The number of sulfonamides is 1. The van der Waals surface area contributed by atoms with Crippen LogP contribution in [0.25, 0.3) is 0 Å². The summed E-state index contributed by atoms with van der Waals surface area (Å²) in [7, 11) is -2.49.